The zero-order valence-electron chi connectivity index (χ0n) is 17.3. The van der Waals surface area contributed by atoms with E-state index in [0.29, 0.717) is 17.8 Å². The van der Waals surface area contributed by atoms with Gasteiger partial charge in [-0.2, -0.15) is 5.26 Å². The van der Waals surface area contributed by atoms with E-state index in [1.165, 1.54) is 16.7 Å². The fourth-order valence-electron chi connectivity index (χ4n) is 4.27. The molecule has 2 aromatic rings. The largest absolute Gasteiger partial charge is 0.401 e. The van der Waals surface area contributed by atoms with Crippen LogP contribution in [0.5, 0.6) is 0 Å². The Labute approximate surface area is 177 Å². The zero-order valence-corrected chi connectivity index (χ0v) is 17.3. The quantitative estimate of drug-likeness (QED) is 0.590. The number of hydrazine groups is 1. The lowest BCUT2D eigenvalue weighted by atomic mass is 9.91. The van der Waals surface area contributed by atoms with Gasteiger partial charge in [-0.25, -0.2) is 5.84 Å². The summed E-state index contributed by atoms with van der Waals surface area (Å²) >= 11 is 0. The molecule has 0 radical (unpaired) electrons. The predicted molar refractivity (Wildman–Crippen MR) is 122 cm³/mol. The Morgan fingerprint density at radius 3 is 2.70 bits per heavy atom. The summed E-state index contributed by atoms with van der Waals surface area (Å²) in [5.41, 5.74) is 14.4. The first-order valence-electron chi connectivity index (χ1n) is 10.4. The zero-order chi connectivity index (χ0) is 21.1. The van der Waals surface area contributed by atoms with Gasteiger partial charge in [0.25, 0.3) is 0 Å². The first-order chi connectivity index (χ1) is 14.6. The van der Waals surface area contributed by atoms with Crippen molar-refractivity contribution < 1.29 is 0 Å². The van der Waals surface area contributed by atoms with E-state index in [2.05, 4.69) is 41.0 Å². The smallest absolute Gasteiger partial charge is 0.0991 e. The predicted octanol–water partition coefficient (Wildman–Crippen LogP) is 3.31. The monoisotopic (exact) mass is 400 g/mol. The van der Waals surface area contributed by atoms with Gasteiger partial charge in [-0.05, 0) is 73.3 Å². The van der Waals surface area contributed by atoms with Crippen LogP contribution >= 0.6 is 0 Å². The molecule has 0 fully saturated rings. The van der Waals surface area contributed by atoms with Gasteiger partial charge in [-0.3, -0.25) is 0 Å². The van der Waals surface area contributed by atoms with Crippen molar-refractivity contribution in [1.29, 1.82) is 5.26 Å². The summed E-state index contributed by atoms with van der Waals surface area (Å²) in [6.07, 6.45) is 4.13. The maximum Gasteiger partial charge on any atom is 0.0991 e. The number of fused-ring (bicyclic) bond motifs is 1. The lowest BCUT2D eigenvalue weighted by Gasteiger charge is -2.23. The van der Waals surface area contributed by atoms with Crippen LogP contribution in [0.1, 0.15) is 48.1 Å². The lowest BCUT2D eigenvalue weighted by molar-refractivity contribution is 0.402. The van der Waals surface area contributed by atoms with Crippen LogP contribution in [0.3, 0.4) is 0 Å². The van der Waals surface area contributed by atoms with Gasteiger partial charge < -0.3 is 21.4 Å². The van der Waals surface area contributed by atoms with Crippen LogP contribution in [0.15, 0.2) is 54.2 Å². The van der Waals surface area contributed by atoms with E-state index in [9.17, 15) is 0 Å². The van der Waals surface area contributed by atoms with Crippen molar-refractivity contribution in [3.8, 4) is 6.07 Å². The van der Waals surface area contributed by atoms with E-state index < -0.39 is 0 Å². The summed E-state index contributed by atoms with van der Waals surface area (Å²) in [5, 5.41) is 17.9. The minimum atomic E-state index is 0.0816. The molecule has 30 heavy (non-hydrogen) atoms. The highest BCUT2D eigenvalue weighted by molar-refractivity contribution is 5.75. The van der Waals surface area contributed by atoms with E-state index in [1.54, 1.807) is 5.01 Å². The summed E-state index contributed by atoms with van der Waals surface area (Å²) < 4.78 is 0. The Morgan fingerprint density at radius 1 is 1.23 bits per heavy atom. The fraction of sp³-hybridized carbons (Fsp3) is 0.292. The van der Waals surface area contributed by atoms with Crippen LogP contribution in [0.4, 0.5) is 5.69 Å². The Balaban J connectivity index is 1.77. The molecule has 6 heteroatoms. The number of anilines is 1. The van der Waals surface area contributed by atoms with Crippen LogP contribution in [-0.4, -0.2) is 24.6 Å². The Morgan fingerprint density at radius 2 is 2.03 bits per heavy atom. The molecule has 0 aliphatic carbocycles. The molecular weight excluding hydrogens is 372 g/mol. The second-order valence-corrected chi connectivity index (χ2v) is 7.89. The third kappa shape index (κ3) is 4.04. The molecule has 4 rings (SSSR count). The summed E-state index contributed by atoms with van der Waals surface area (Å²) in [6, 6.07) is 16.4. The van der Waals surface area contributed by atoms with E-state index in [0.717, 1.165) is 42.9 Å². The number of nitrogens with zero attached hydrogens (tertiary/aromatic N) is 2. The summed E-state index contributed by atoms with van der Waals surface area (Å²) in [6.45, 7) is 4.49. The normalized spacial score (nSPS) is 20.5. The maximum absolute atomic E-state index is 9.07. The number of hydrogen-bond donors (Lipinski definition) is 4. The van der Waals surface area contributed by atoms with Crippen molar-refractivity contribution in [2.45, 2.75) is 25.8 Å². The molecular formula is C24H28N6. The van der Waals surface area contributed by atoms with Gasteiger partial charge in [0.1, 0.15) is 0 Å². The van der Waals surface area contributed by atoms with Gasteiger partial charge in [-0.15, -0.1) is 0 Å². The highest BCUT2D eigenvalue weighted by Gasteiger charge is 2.26. The second kappa shape index (κ2) is 8.62. The standard InChI is InChI=1S/C24H28N6/c1-16(26)24-21-7-4-19(18-8-11-28-12-9-18)14-22(21)23(10-13-30(24)27)29-20-5-2-17(15-25)3-6-20/h2-8,14,23,28-29H,9-13,26-27H2,1H3/b24-16-. The minimum absolute atomic E-state index is 0.0816. The third-order valence-corrected chi connectivity index (χ3v) is 5.79. The second-order valence-electron chi connectivity index (χ2n) is 7.89. The molecule has 6 nitrogen and oxygen atoms in total. The molecule has 1 atom stereocenters. The van der Waals surface area contributed by atoms with Crippen molar-refractivity contribution in [3.05, 3.63) is 76.5 Å². The third-order valence-electron chi connectivity index (χ3n) is 5.79. The summed E-state index contributed by atoms with van der Waals surface area (Å²) in [5.74, 6) is 6.38. The van der Waals surface area contributed by atoms with Crippen molar-refractivity contribution >= 4 is 17.0 Å². The van der Waals surface area contributed by atoms with Crippen LogP contribution < -0.4 is 22.2 Å². The van der Waals surface area contributed by atoms with Gasteiger partial charge in [0, 0.05) is 30.0 Å². The van der Waals surface area contributed by atoms with Gasteiger partial charge >= 0.3 is 0 Å². The number of hydrogen-bond acceptors (Lipinski definition) is 6. The van der Waals surface area contributed by atoms with Gasteiger partial charge in [0.15, 0.2) is 0 Å². The van der Waals surface area contributed by atoms with Crippen LogP contribution in [0.25, 0.3) is 11.3 Å². The van der Waals surface area contributed by atoms with E-state index in [4.69, 9.17) is 16.8 Å². The lowest BCUT2D eigenvalue weighted by Crippen LogP contribution is -2.31. The molecule has 1 unspecified atom stereocenters. The Bertz CT molecular complexity index is 1020. The highest BCUT2D eigenvalue weighted by atomic mass is 15.4. The van der Waals surface area contributed by atoms with Crippen LogP contribution in [-0.2, 0) is 0 Å². The van der Waals surface area contributed by atoms with Gasteiger partial charge in [0.05, 0.1) is 23.4 Å². The number of nitrogens with two attached hydrogens (primary N) is 2. The molecule has 154 valence electrons. The fourth-order valence-corrected chi connectivity index (χ4v) is 4.27. The number of nitrogens with one attached hydrogen (secondary N) is 2. The Kier molecular flexibility index (Phi) is 5.75. The average molecular weight is 401 g/mol. The topological polar surface area (TPSA) is 103 Å². The molecule has 2 aliphatic heterocycles. The highest BCUT2D eigenvalue weighted by Crippen LogP contribution is 2.37. The van der Waals surface area contributed by atoms with Crippen molar-refractivity contribution in [2.75, 3.05) is 25.0 Å². The molecule has 2 aromatic carbocycles. The first kappa shape index (κ1) is 20.0. The molecule has 2 aliphatic rings. The van der Waals surface area contributed by atoms with E-state index >= 15 is 0 Å². The van der Waals surface area contributed by atoms with E-state index in [1.807, 2.05) is 31.2 Å². The van der Waals surface area contributed by atoms with Gasteiger partial charge in [0.2, 0.25) is 0 Å². The average Bonchev–Trinajstić information content (AvgIpc) is 2.91. The van der Waals surface area contributed by atoms with Crippen LogP contribution in [0.2, 0.25) is 0 Å². The molecule has 0 aromatic heterocycles. The first-order valence-corrected chi connectivity index (χ1v) is 10.4. The number of rotatable bonds is 3. The molecule has 0 spiro atoms. The van der Waals surface area contributed by atoms with Crippen molar-refractivity contribution in [2.24, 2.45) is 11.6 Å². The van der Waals surface area contributed by atoms with Gasteiger partial charge in [-0.1, -0.05) is 18.2 Å². The maximum atomic E-state index is 9.07. The van der Waals surface area contributed by atoms with Crippen molar-refractivity contribution in [3.63, 3.8) is 0 Å². The molecule has 6 N–H and O–H groups in total. The van der Waals surface area contributed by atoms with E-state index in [-0.39, 0.29) is 6.04 Å². The van der Waals surface area contributed by atoms with Crippen LogP contribution in [0, 0.1) is 11.3 Å². The Hall–Kier alpha value is -3.27. The summed E-state index contributed by atoms with van der Waals surface area (Å²) in [4.78, 5) is 0. The molecule has 0 saturated heterocycles. The molecule has 2 heterocycles. The SMILES string of the molecule is C/C(N)=C1\c2ccc(C3=CCNCC3)cc2C(Nc2ccc(C#N)cc2)CCN1N. The van der Waals surface area contributed by atoms with Crippen molar-refractivity contribution in [1.82, 2.24) is 10.3 Å². The molecule has 0 bridgehead atoms. The number of benzene rings is 2. The molecule has 0 amide bonds. The number of nitriles is 1. The number of allylic oxidation sites excluding steroid dienone is 1. The minimum Gasteiger partial charge on any atom is -0.401 e. The molecule has 0 saturated carbocycles. The summed E-state index contributed by atoms with van der Waals surface area (Å²) in [7, 11) is 0.